The van der Waals surface area contributed by atoms with Crippen molar-refractivity contribution in [2.24, 2.45) is 0 Å². The number of anilines is 1. The highest BCUT2D eigenvalue weighted by molar-refractivity contribution is 7.86. The summed E-state index contributed by atoms with van der Waals surface area (Å²) in [7, 11) is -3.60. The van der Waals surface area contributed by atoms with Gasteiger partial charge < -0.3 is 19.6 Å². The minimum absolute atomic E-state index is 0.0571. The largest absolute Gasteiger partial charge is 0.457 e. The molecule has 0 atom stereocenters. The van der Waals surface area contributed by atoms with Gasteiger partial charge in [0, 0.05) is 30.9 Å². The number of nitrogens with zero attached hydrogens (tertiary/aromatic N) is 1. The molecule has 1 aromatic heterocycles. The molecular weight excluding hydrogens is 446 g/mol. The third-order valence-electron chi connectivity index (χ3n) is 4.31. The van der Waals surface area contributed by atoms with Crippen molar-refractivity contribution in [3.05, 3.63) is 78.1 Å². The zero-order chi connectivity index (χ0) is 23.8. The van der Waals surface area contributed by atoms with Gasteiger partial charge in [0.1, 0.15) is 22.9 Å². The maximum Gasteiger partial charge on any atom is 0.319 e. The number of carbonyl (C=O) groups is 2. The van der Waals surface area contributed by atoms with E-state index in [1.807, 2.05) is 12.1 Å². The number of hydrogen-bond acceptors (Lipinski definition) is 7. The van der Waals surface area contributed by atoms with E-state index in [0.717, 1.165) is 11.8 Å². The van der Waals surface area contributed by atoms with E-state index in [1.165, 1.54) is 30.5 Å². The molecule has 0 fully saturated rings. The topological polar surface area (TPSA) is 124 Å². The molecule has 0 aliphatic rings. The van der Waals surface area contributed by atoms with Gasteiger partial charge in [-0.25, -0.2) is 4.79 Å². The molecule has 3 rings (SSSR count). The van der Waals surface area contributed by atoms with Crippen molar-refractivity contribution in [1.29, 1.82) is 0 Å². The number of amides is 2. The monoisotopic (exact) mass is 469 g/mol. The molecule has 0 radical (unpaired) electrons. The van der Waals surface area contributed by atoms with Gasteiger partial charge in [-0.15, -0.1) is 0 Å². The third-order valence-corrected chi connectivity index (χ3v) is 4.81. The summed E-state index contributed by atoms with van der Waals surface area (Å²) >= 11 is 0. The predicted molar refractivity (Wildman–Crippen MR) is 123 cm³/mol. The van der Waals surface area contributed by atoms with E-state index in [1.54, 1.807) is 31.2 Å². The van der Waals surface area contributed by atoms with Crippen molar-refractivity contribution >= 4 is 27.6 Å². The first-order valence-electron chi connectivity index (χ1n) is 10.0. The van der Waals surface area contributed by atoms with Crippen molar-refractivity contribution in [3.63, 3.8) is 0 Å². The van der Waals surface area contributed by atoms with Crippen LogP contribution in [0.25, 0.3) is 0 Å². The van der Waals surface area contributed by atoms with E-state index in [9.17, 15) is 18.0 Å². The van der Waals surface area contributed by atoms with Crippen LogP contribution < -0.4 is 19.6 Å². The van der Waals surface area contributed by atoms with Gasteiger partial charge in [0.25, 0.3) is 0 Å². The molecule has 2 N–H and O–H groups in total. The Kier molecular flexibility index (Phi) is 7.62. The minimum Gasteiger partial charge on any atom is -0.457 e. The molecule has 0 spiro atoms. The fourth-order valence-corrected chi connectivity index (χ4v) is 3.21. The van der Waals surface area contributed by atoms with Crippen LogP contribution in [0.5, 0.6) is 17.2 Å². The zero-order valence-corrected chi connectivity index (χ0v) is 18.9. The van der Waals surface area contributed by atoms with Crippen molar-refractivity contribution in [2.75, 3.05) is 11.6 Å². The standard InChI is InChI=1S/C23H23N3O6S/c1-3-22(27)21-14-20(12-13-24-21)31-18-8-4-16(5-9-18)15-25-23(28)26-17-6-10-19(11-7-17)32-33(2,29)30/h4-14H,3,15H2,1-2H3,(H2,25,26,28). The molecule has 0 aliphatic heterocycles. The number of benzene rings is 2. The lowest BCUT2D eigenvalue weighted by Gasteiger charge is -2.10. The molecular formula is C23H23N3O6S. The van der Waals surface area contributed by atoms with Gasteiger partial charge in [0.15, 0.2) is 5.78 Å². The normalized spacial score (nSPS) is 10.8. The lowest BCUT2D eigenvalue weighted by atomic mass is 10.2. The molecule has 0 aliphatic carbocycles. The van der Waals surface area contributed by atoms with Crippen molar-refractivity contribution in [3.8, 4) is 17.2 Å². The number of pyridine rings is 1. The van der Waals surface area contributed by atoms with E-state index >= 15 is 0 Å². The quantitative estimate of drug-likeness (QED) is 0.357. The SMILES string of the molecule is CCC(=O)c1cc(Oc2ccc(CNC(=O)Nc3ccc(OS(C)(=O)=O)cc3)cc2)ccn1. The second kappa shape index (κ2) is 10.6. The Morgan fingerprint density at radius 3 is 2.24 bits per heavy atom. The summed E-state index contributed by atoms with van der Waals surface area (Å²) in [5, 5.41) is 5.38. The van der Waals surface area contributed by atoms with Crippen molar-refractivity contribution in [1.82, 2.24) is 10.3 Å². The van der Waals surface area contributed by atoms with Crippen molar-refractivity contribution < 1.29 is 26.9 Å². The molecule has 172 valence electrons. The van der Waals surface area contributed by atoms with Crippen LogP contribution in [0.3, 0.4) is 0 Å². The summed E-state index contributed by atoms with van der Waals surface area (Å²) in [5.41, 5.74) is 1.70. The number of hydrogen-bond donors (Lipinski definition) is 2. The number of ketones is 1. The number of rotatable bonds is 9. The average molecular weight is 470 g/mol. The smallest absolute Gasteiger partial charge is 0.319 e. The van der Waals surface area contributed by atoms with E-state index in [4.69, 9.17) is 8.92 Å². The number of urea groups is 1. The molecule has 9 nitrogen and oxygen atoms in total. The maximum absolute atomic E-state index is 12.1. The number of aromatic nitrogens is 1. The first-order valence-corrected chi connectivity index (χ1v) is 11.8. The number of nitrogens with one attached hydrogen (secondary N) is 2. The van der Waals surface area contributed by atoms with Gasteiger partial charge in [-0.1, -0.05) is 19.1 Å². The van der Waals surface area contributed by atoms with Crippen LogP contribution in [0.1, 0.15) is 29.4 Å². The first kappa shape index (κ1) is 23.7. The fourth-order valence-electron chi connectivity index (χ4n) is 2.75. The highest BCUT2D eigenvalue weighted by Gasteiger charge is 2.08. The van der Waals surface area contributed by atoms with E-state index < -0.39 is 16.1 Å². The molecule has 0 saturated heterocycles. The second-order valence-corrected chi connectivity index (χ2v) is 8.59. The number of carbonyl (C=O) groups excluding carboxylic acids is 2. The number of ether oxygens (including phenoxy) is 1. The molecule has 0 saturated carbocycles. The Hall–Kier alpha value is -3.92. The summed E-state index contributed by atoms with van der Waals surface area (Å²) in [6, 6.07) is 16.0. The Balaban J connectivity index is 1.50. The Morgan fingerprint density at radius 2 is 1.61 bits per heavy atom. The highest BCUT2D eigenvalue weighted by atomic mass is 32.2. The molecule has 2 amide bonds. The Morgan fingerprint density at radius 1 is 0.939 bits per heavy atom. The lowest BCUT2D eigenvalue weighted by Crippen LogP contribution is -2.28. The van der Waals surface area contributed by atoms with Crippen LogP contribution in [0.15, 0.2) is 66.9 Å². The van der Waals surface area contributed by atoms with Crippen LogP contribution in [0, 0.1) is 0 Å². The van der Waals surface area contributed by atoms with Gasteiger partial charge >= 0.3 is 16.1 Å². The first-order chi connectivity index (χ1) is 15.7. The van der Waals surface area contributed by atoms with Gasteiger partial charge in [0.05, 0.1) is 6.26 Å². The van der Waals surface area contributed by atoms with Gasteiger partial charge in [-0.05, 0) is 48.0 Å². The average Bonchev–Trinajstić information content (AvgIpc) is 2.78. The molecule has 0 bridgehead atoms. The van der Waals surface area contributed by atoms with Crippen LogP contribution in [-0.4, -0.2) is 31.5 Å². The third kappa shape index (κ3) is 7.62. The highest BCUT2D eigenvalue weighted by Crippen LogP contribution is 2.22. The van der Waals surface area contributed by atoms with Crippen LogP contribution in [0.2, 0.25) is 0 Å². The molecule has 10 heteroatoms. The summed E-state index contributed by atoms with van der Waals surface area (Å²) < 4.78 is 32.8. The molecule has 0 unspecified atom stereocenters. The Bertz CT molecular complexity index is 1230. The number of Topliss-reactive ketones (excluding diaryl/α,β-unsaturated/α-hetero) is 1. The molecule has 3 aromatic rings. The minimum atomic E-state index is -3.60. The van der Waals surface area contributed by atoms with E-state index in [-0.39, 0.29) is 18.1 Å². The second-order valence-electron chi connectivity index (χ2n) is 7.02. The summed E-state index contributed by atoms with van der Waals surface area (Å²) in [6.07, 6.45) is 2.85. The van der Waals surface area contributed by atoms with E-state index in [2.05, 4.69) is 15.6 Å². The Labute approximate surface area is 191 Å². The molecule has 1 heterocycles. The van der Waals surface area contributed by atoms with E-state index in [0.29, 0.717) is 29.3 Å². The van der Waals surface area contributed by atoms with Gasteiger partial charge in [0.2, 0.25) is 0 Å². The predicted octanol–water partition coefficient (Wildman–Crippen LogP) is 4.13. The maximum atomic E-state index is 12.1. The lowest BCUT2D eigenvalue weighted by molar-refractivity contribution is 0.0983. The molecule has 33 heavy (non-hydrogen) atoms. The molecule has 2 aromatic carbocycles. The van der Waals surface area contributed by atoms with Crippen LogP contribution in [0.4, 0.5) is 10.5 Å². The van der Waals surface area contributed by atoms with Crippen molar-refractivity contribution in [2.45, 2.75) is 19.9 Å². The summed E-state index contributed by atoms with van der Waals surface area (Å²) in [6.45, 7) is 2.06. The fraction of sp³-hybridized carbons (Fsp3) is 0.174. The summed E-state index contributed by atoms with van der Waals surface area (Å²) in [4.78, 5) is 27.9. The van der Waals surface area contributed by atoms with Gasteiger partial charge in [-0.3, -0.25) is 9.78 Å². The van der Waals surface area contributed by atoms with Crippen LogP contribution >= 0.6 is 0 Å². The summed E-state index contributed by atoms with van der Waals surface area (Å²) in [5.74, 6) is 1.20. The van der Waals surface area contributed by atoms with Gasteiger partial charge in [-0.2, -0.15) is 8.42 Å². The van der Waals surface area contributed by atoms with Crippen LogP contribution in [-0.2, 0) is 16.7 Å². The zero-order valence-electron chi connectivity index (χ0n) is 18.1.